The third-order valence-electron chi connectivity index (χ3n) is 1.62. The first kappa shape index (κ1) is 11.2. The van der Waals surface area contributed by atoms with Crippen molar-refractivity contribution in [3.63, 3.8) is 0 Å². The molecule has 0 saturated carbocycles. The van der Waals surface area contributed by atoms with Crippen LogP contribution in [0.25, 0.3) is 0 Å². The number of aromatic nitrogens is 1. The zero-order valence-electron chi connectivity index (χ0n) is 8.78. The zero-order valence-corrected chi connectivity index (χ0v) is 9.60. The number of nitrogens with two attached hydrogens (primary N) is 1. The standard InChI is InChI=1S/C10H16N2OS/c1-7(2)6-14-9-5-4-8(11)10(12-9)13-3/h4-5,7H,6,11H2,1-3H3. The fourth-order valence-electron chi connectivity index (χ4n) is 0.930. The fraction of sp³-hybridized carbons (Fsp3) is 0.500. The minimum Gasteiger partial charge on any atom is -0.480 e. The van der Waals surface area contributed by atoms with Gasteiger partial charge in [0.05, 0.1) is 12.8 Å². The van der Waals surface area contributed by atoms with Gasteiger partial charge in [-0.1, -0.05) is 13.8 Å². The number of rotatable bonds is 4. The maximum absolute atomic E-state index is 5.66. The number of ether oxygens (including phenoxy) is 1. The number of thioether (sulfide) groups is 1. The molecule has 0 amide bonds. The van der Waals surface area contributed by atoms with E-state index in [1.807, 2.05) is 12.1 Å². The van der Waals surface area contributed by atoms with Crippen molar-refractivity contribution in [2.75, 3.05) is 18.6 Å². The molecule has 4 heteroatoms. The Labute approximate surface area is 89.1 Å². The van der Waals surface area contributed by atoms with Crippen molar-refractivity contribution < 1.29 is 4.74 Å². The second kappa shape index (κ2) is 5.10. The summed E-state index contributed by atoms with van der Waals surface area (Å²) in [5.74, 6) is 2.23. The lowest BCUT2D eigenvalue weighted by molar-refractivity contribution is 0.397. The summed E-state index contributed by atoms with van der Waals surface area (Å²) in [6, 6.07) is 3.75. The molecule has 14 heavy (non-hydrogen) atoms. The van der Waals surface area contributed by atoms with Crippen LogP contribution in [-0.4, -0.2) is 17.8 Å². The van der Waals surface area contributed by atoms with E-state index in [2.05, 4.69) is 18.8 Å². The highest BCUT2D eigenvalue weighted by molar-refractivity contribution is 7.99. The molecule has 0 atom stereocenters. The van der Waals surface area contributed by atoms with E-state index in [-0.39, 0.29) is 0 Å². The van der Waals surface area contributed by atoms with Gasteiger partial charge in [0.15, 0.2) is 0 Å². The summed E-state index contributed by atoms with van der Waals surface area (Å²) in [4.78, 5) is 4.28. The van der Waals surface area contributed by atoms with Crippen LogP contribution in [-0.2, 0) is 0 Å². The minimum absolute atomic E-state index is 0.513. The van der Waals surface area contributed by atoms with Crippen molar-refractivity contribution in [2.45, 2.75) is 18.9 Å². The summed E-state index contributed by atoms with van der Waals surface area (Å²) in [5.41, 5.74) is 6.24. The summed E-state index contributed by atoms with van der Waals surface area (Å²) in [6.07, 6.45) is 0. The molecule has 0 radical (unpaired) electrons. The van der Waals surface area contributed by atoms with Crippen LogP contribution in [0.1, 0.15) is 13.8 Å². The Kier molecular flexibility index (Phi) is 4.07. The second-order valence-corrected chi connectivity index (χ2v) is 4.49. The molecular formula is C10H16N2OS. The van der Waals surface area contributed by atoms with Gasteiger partial charge in [0.2, 0.25) is 5.88 Å². The van der Waals surface area contributed by atoms with Crippen LogP contribution in [0, 0.1) is 5.92 Å². The van der Waals surface area contributed by atoms with Crippen molar-refractivity contribution in [1.29, 1.82) is 0 Å². The SMILES string of the molecule is COc1nc(SCC(C)C)ccc1N. The van der Waals surface area contributed by atoms with Crippen LogP contribution in [0.4, 0.5) is 5.69 Å². The molecule has 2 N–H and O–H groups in total. The number of hydrogen-bond acceptors (Lipinski definition) is 4. The third kappa shape index (κ3) is 3.10. The van der Waals surface area contributed by atoms with E-state index >= 15 is 0 Å². The number of hydrogen-bond donors (Lipinski definition) is 1. The summed E-state index contributed by atoms with van der Waals surface area (Å²) >= 11 is 1.72. The molecule has 3 nitrogen and oxygen atoms in total. The largest absolute Gasteiger partial charge is 0.480 e. The van der Waals surface area contributed by atoms with E-state index in [4.69, 9.17) is 10.5 Å². The average molecular weight is 212 g/mol. The number of nitrogens with zero attached hydrogens (tertiary/aromatic N) is 1. The van der Waals surface area contributed by atoms with Gasteiger partial charge < -0.3 is 10.5 Å². The van der Waals surface area contributed by atoms with E-state index in [1.54, 1.807) is 18.9 Å². The Balaban J connectivity index is 2.69. The number of nitrogen functional groups attached to an aromatic ring is 1. The van der Waals surface area contributed by atoms with Gasteiger partial charge in [0.25, 0.3) is 0 Å². The smallest absolute Gasteiger partial charge is 0.237 e. The van der Waals surface area contributed by atoms with Crippen molar-refractivity contribution in [3.05, 3.63) is 12.1 Å². The van der Waals surface area contributed by atoms with Crippen LogP contribution in [0.3, 0.4) is 0 Å². The molecular weight excluding hydrogens is 196 g/mol. The van der Waals surface area contributed by atoms with Gasteiger partial charge in [0, 0.05) is 5.75 Å². The summed E-state index contributed by atoms with van der Waals surface area (Å²) in [5, 5.41) is 0.963. The lowest BCUT2D eigenvalue weighted by Crippen LogP contribution is -1.97. The molecule has 0 aromatic carbocycles. The normalized spacial score (nSPS) is 10.6. The van der Waals surface area contributed by atoms with Gasteiger partial charge in [-0.25, -0.2) is 4.98 Å². The zero-order chi connectivity index (χ0) is 10.6. The first-order valence-electron chi connectivity index (χ1n) is 4.56. The van der Waals surface area contributed by atoms with Crippen molar-refractivity contribution >= 4 is 17.4 Å². The molecule has 1 aromatic heterocycles. The lowest BCUT2D eigenvalue weighted by Gasteiger charge is -2.07. The van der Waals surface area contributed by atoms with Crippen molar-refractivity contribution in [3.8, 4) is 5.88 Å². The van der Waals surface area contributed by atoms with Crippen molar-refractivity contribution in [2.24, 2.45) is 5.92 Å². The van der Waals surface area contributed by atoms with E-state index in [1.165, 1.54) is 0 Å². The highest BCUT2D eigenvalue weighted by Crippen LogP contribution is 2.24. The number of pyridine rings is 1. The van der Waals surface area contributed by atoms with Crippen LogP contribution in [0.5, 0.6) is 5.88 Å². The summed E-state index contributed by atoms with van der Waals surface area (Å²) in [7, 11) is 1.58. The Morgan fingerprint density at radius 1 is 1.50 bits per heavy atom. The van der Waals surface area contributed by atoms with Gasteiger partial charge >= 0.3 is 0 Å². The Morgan fingerprint density at radius 2 is 2.21 bits per heavy atom. The maximum Gasteiger partial charge on any atom is 0.237 e. The third-order valence-corrected chi connectivity index (χ3v) is 2.98. The van der Waals surface area contributed by atoms with Gasteiger partial charge in [-0.05, 0) is 18.1 Å². The monoisotopic (exact) mass is 212 g/mol. The van der Waals surface area contributed by atoms with Crippen LogP contribution in [0.15, 0.2) is 17.2 Å². The van der Waals surface area contributed by atoms with Gasteiger partial charge in [-0.3, -0.25) is 0 Å². The predicted octanol–water partition coefficient (Wildman–Crippen LogP) is 2.42. The molecule has 0 aliphatic rings. The van der Waals surface area contributed by atoms with E-state index < -0.39 is 0 Å². The van der Waals surface area contributed by atoms with E-state index in [0.717, 1.165) is 10.8 Å². The maximum atomic E-state index is 5.66. The topological polar surface area (TPSA) is 48.1 Å². The first-order chi connectivity index (χ1) is 6.63. The fourth-order valence-corrected chi connectivity index (χ4v) is 1.75. The quantitative estimate of drug-likeness (QED) is 0.779. The molecule has 0 aliphatic heterocycles. The molecule has 0 aliphatic carbocycles. The molecule has 1 rings (SSSR count). The molecule has 0 fully saturated rings. The van der Waals surface area contributed by atoms with Crippen molar-refractivity contribution in [1.82, 2.24) is 4.98 Å². The Hall–Kier alpha value is -0.900. The average Bonchev–Trinajstić information content (AvgIpc) is 2.16. The number of anilines is 1. The van der Waals surface area contributed by atoms with E-state index in [9.17, 15) is 0 Å². The number of methoxy groups -OCH3 is 1. The highest BCUT2D eigenvalue weighted by atomic mass is 32.2. The van der Waals surface area contributed by atoms with Crippen LogP contribution >= 0.6 is 11.8 Å². The summed E-state index contributed by atoms with van der Waals surface area (Å²) < 4.78 is 5.04. The Morgan fingerprint density at radius 3 is 2.79 bits per heavy atom. The molecule has 1 aromatic rings. The van der Waals surface area contributed by atoms with Gasteiger partial charge in [-0.2, -0.15) is 0 Å². The summed E-state index contributed by atoms with van der Waals surface area (Å²) in [6.45, 7) is 4.36. The molecule has 1 heterocycles. The van der Waals surface area contributed by atoms with Crippen LogP contribution < -0.4 is 10.5 Å². The minimum atomic E-state index is 0.513. The Bertz CT molecular complexity index is 302. The molecule has 0 spiro atoms. The van der Waals surface area contributed by atoms with Gasteiger partial charge in [0.1, 0.15) is 5.03 Å². The predicted molar refractivity (Wildman–Crippen MR) is 60.8 cm³/mol. The highest BCUT2D eigenvalue weighted by Gasteiger charge is 2.04. The lowest BCUT2D eigenvalue weighted by atomic mass is 10.3. The van der Waals surface area contributed by atoms with Crippen LogP contribution in [0.2, 0.25) is 0 Å². The molecule has 78 valence electrons. The molecule has 0 unspecified atom stereocenters. The first-order valence-corrected chi connectivity index (χ1v) is 5.55. The van der Waals surface area contributed by atoms with Gasteiger partial charge in [-0.15, -0.1) is 11.8 Å². The second-order valence-electron chi connectivity index (χ2n) is 3.45. The van der Waals surface area contributed by atoms with E-state index in [0.29, 0.717) is 17.5 Å². The molecule has 0 saturated heterocycles. The molecule has 0 bridgehead atoms.